The first-order valence-corrected chi connectivity index (χ1v) is 7.82. The molecule has 2 amide bonds. The molecule has 3 heterocycles. The molecule has 7 nitrogen and oxygen atoms in total. The van der Waals surface area contributed by atoms with Crippen molar-refractivity contribution >= 4 is 17.9 Å². The maximum Gasteiger partial charge on any atom is 0.291 e. The predicted octanol–water partition coefficient (Wildman–Crippen LogP) is 1.67. The van der Waals surface area contributed by atoms with Gasteiger partial charge in [0.15, 0.2) is 5.76 Å². The Labute approximate surface area is 139 Å². The van der Waals surface area contributed by atoms with Crippen LogP contribution < -0.4 is 10.6 Å². The Balaban J connectivity index is 1.69. The number of amides is 2. The lowest BCUT2D eigenvalue weighted by atomic mass is 10.2. The van der Waals surface area contributed by atoms with Crippen LogP contribution in [0.3, 0.4) is 0 Å². The van der Waals surface area contributed by atoms with E-state index in [-0.39, 0.29) is 23.5 Å². The molecule has 2 aromatic heterocycles. The monoisotopic (exact) mass is 329 g/mol. The third-order valence-corrected chi connectivity index (χ3v) is 3.67. The zero-order valence-electron chi connectivity index (χ0n) is 13.1. The third-order valence-electron chi connectivity index (χ3n) is 3.67. The minimum Gasteiger partial charge on any atom is -0.459 e. The summed E-state index contributed by atoms with van der Waals surface area (Å²) in [5.74, 6) is -0.718. The second-order valence-corrected chi connectivity index (χ2v) is 5.46. The molecule has 0 bridgehead atoms. The van der Waals surface area contributed by atoms with Gasteiger partial charge < -0.3 is 24.8 Å². The predicted molar refractivity (Wildman–Crippen MR) is 86.9 cm³/mol. The van der Waals surface area contributed by atoms with Gasteiger partial charge in [0.25, 0.3) is 11.8 Å². The van der Waals surface area contributed by atoms with Gasteiger partial charge in [0.05, 0.1) is 12.4 Å². The number of furan rings is 1. The molecular weight excluding hydrogens is 310 g/mol. The summed E-state index contributed by atoms with van der Waals surface area (Å²) in [5.41, 5.74) is 0.842. The fourth-order valence-corrected chi connectivity index (χ4v) is 2.45. The van der Waals surface area contributed by atoms with Crippen molar-refractivity contribution in [1.29, 1.82) is 0 Å². The van der Waals surface area contributed by atoms with Gasteiger partial charge in [-0.15, -0.1) is 0 Å². The van der Waals surface area contributed by atoms with Crippen LogP contribution in [0.1, 0.15) is 29.1 Å². The summed E-state index contributed by atoms with van der Waals surface area (Å²) in [4.78, 5) is 27.6. The summed E-state index contributed by atoms with van der Waals surface area (Å²) < 4.78 is 10.5. The molecule has 24 heavy (non-hydrogen) atoms. The first kappa shape index (κ1) is 16.1. The Morgan fingerprint density at radius 2 is 2.25 bits per heavy atom. The molecule has 3 N–H and O–H groups in total. The number of ether oxygens (including phenoxy) is 1. The Hall–Kier alpha value is -2.80. The van der Waals surface area contributed by atoms with Crippen molar-refractivity contribution in [3.05, 3.63) is 53.9 Å². The molecular formula is C17H19N3O4. The van der Waals surface area contributed by atoms with Crippen LogP contribution in [-0.2, 0) is 9.53 Å². The van der Waals surface area contributed by atoms with Crippen LogP contribution in [0.4, 0.5) is 0 Å². The van der Waals surface area contributed by atoms with Crippen LogP contribution in [0.2, 0.25) is 0 Å². The number of aromatic nitrogens is 1. The van der Waals surface area contributed by atoms with Gasteiger partial charge in [-0.3, -0.25) is 9.59 Å². The quantitative estimate of drug-likeness (QED) is 0.703. The van der Waals surface area contributed by atoms with Crippen molar-refractivity contribution in [3.63, 3.8) is 0 Å². The Kier molecular flexibility index (Phi) is 5.12. The van der Waals surface area contributed by atoms with Crippen molar-refractivity contribution < 1.29 is 18.7 Å². The molecule has 1 atom stereocenters. The second kappa shape index (κ2) is 7.65. The highest BCUT2D eigenvalue weighted by Crippen LogP contribution is 2.11. The number of rotatable bonds is 6. The molecule has 7 heteroatoms. The lowest BCUT2D eigenvalue weighted by Gasteiger charge is -2.13. The smallest absolute Gasteiger partial charge is 0.291 e. The highest BCUT2D eigenvalue weighted by atomic mass is 16.5. The van der Waals surface area contributed by atoms with E-state index in [0.717, 1.165) is 19.4 Å². The first-order chi connectivity index (χ1) is 11.7. The molecule has 0 aromatic carbocycles. The largest absolute Gasteiger partial charge is 0.459 e. The fraction of sp³-hybridized carbons (Fsp3) is 0.294. The Morgan fingerprint density at radius 1 is 1.33 bits per heavy atom. The van der Waals surface area contributed by atoms with E-state index in [1.807, 2.05) is 6.07 Å². The van der Waals surface area contributed by atoms with Gasteiger partial charge in [-0.25, -0.2) is 0 Å². The molecule has 1 aliphatic heterocycles. The maximum atomic E-state index is 12.4. The minimum atomic E-state index is -0.481. The van der Waals surface area contributed by atoms with Gasteiger partial charge in [-0.05, 0) is 43.2 Å². The Morgan fingerprint density at radius 3 is 2.92 bits per heavy atom. The van der Waals surface area contributed by atoms with Crippen molar-refractivity contribution in [2.24, 2.45) is 0 Å². The summed E-state index contributed by atoms with van der Waals surface area (Å²) >= 11 is 0. The number of nitrogens with one attached hydrogen (secondary N) is 3. The highest BCUT2D eigenvalue weighted by Gasteiger charge is 2.20. The van der Waals surface area contributed by atoms with E-state index in [0.29, 0.717) is 12.2 Å². The van der Waals surface area contributed by atoms with Gasteiger partial charge in [0.2, 0.25) is 0 Å². The SMILES string of the molecule is O=C(NC[C@H]1CCCO1)/C(=C/c1ccc[nH]1)NC(=O)c1ccco1. The summed E-state index contributed by atoms with van der Waals surface area (Å²) in [5, 5.41) is 5.38. The van der Waals surface area contributed by atoms with E-state index >= 15 is 0 Å². The van der Waals surface area contributed by atoms with Gasteiger partial charge in [0, 0.05) is 25.0 Å². The summed E-state index contributed by atoms with van der Waals surface area (Å²) in [6.45, 7) is 1.14. The molecule has 2 aromatic rings. The lowest BCUT2D eigenvalue weighted by Crippen LogP contribution is -2.38. The first-order valence-electron chi connectivity index (χ1n) is 7.82. The lowest BCUT2D eigenvalue weighted by molar-refractivity contribution is -0.118. The van der Waals surface area contributed by atoms with Crippen molar-refractivity contribution in [2.75, 3.05) is 13.2 Å². The van der Waals surface area contributed by atoms with E-state index in [2.05, 4.69) is 15.6 Å². The Bertz CT molecular complexity index is 698. The van der Waals surface area contributed by atoms with Crippen LogP contribution in [0.15, 0.2) is 46.8 Å². The normalized spacial score (nSPS) is 17.7. The third kappa shape index (κ3) is 4.14. The molecule has 1 aliphatic rings. The number of carbonyl (C=O) groups excluding carboxylic acids is 2. The zero-order valence-corrected chi connectivity index (χ0v) is 13.1. The van der Waals surface area contributed by atoms with Gasteiger partial charge in [0.1, 0.15) is 5.70 Å². The molecule has 0 saturated carbocycles. The van der Waals surface area contributed by atoms with Gasteiger partial charge >= 0.3 is 0 Å². The number of H-pyrrole nitrogens is 1. The average Bonchev–Trinajstić information content (AvgIpc) is 3.34. The molecule has 3 rings (SSSR count). The van der Waals surface area contributed by atoms with E-state index in [4.69, 9.17) is 9.15 Å². The topological polar surface area (TPSA) is 96.4 Å². The molecule has 0 aliphatic carbocycles. The standard InChI is InChI=1S/C17H19N3O4/c21-16(19-11-13-5-2-8-23-13)14(10-12-4-1-7-18-12)20-17(22)15-6-3-9-24-15/h1,3-4,6-7,9-10,13,18H,2,5,8,11H2,(H,19,21)(H,20,22)/b14-10-/t13-/m1/s1. The number of hydrogen-bond acceptors (Lipinski definition) is 4. The van der Waals surface area contributed by atoms with Crippen LogP contribution in [0.5, 0.6) is 0 Å². The molecule has 126 valence electrons. The number of hydrogen-bond donors (Lipinski definition) is 3. The highest BCUT2D eigenvalue weighted by molar-refractivity contribution is 6.04. The molecule has 0 unspecified atom stereocenters. The summed E-state index contributed by atoms with van der Waals surface area (Å²) in [6, 6.07) is 6.75. The van der Waals surface area contributed by atoms with Crippen LogP contribution in [0.25, 0.3) is 6.08 Å². The van der Waals surface area contributed by atoms with Crippen LogP contribution >= 0.6 is 0 Å². The fourth-order valence-electron chi connectivity index (χ4n) is 2.45. The van der Waals surface area contributed by atoms with Crippen LogP contribution in [-0.4, -0.2) is 36.1 Å². The van der Waals surface area contributed by atoms with Gasteiger partial charge in [-0.2, -0.15) is 0 Å². The van der Waals surface area contributed by atoms with Crippen molar-refractivity contribution in [1.82, 2.24) is 15.6 Å². The second-order valence-electron chi connectivity index (χ2n) is 5.46. The summed E-state index contributed by atoms with van der Waals surface area (Å²) in [6.07, 6.45) is 6.67. The van der Waals surface area contributed by atoms with Gasteiger partial charge in [-0.1, -0.05) is 0 Å². The number of carbonyl (C=O) groups is 2. The average molecular weight is 329 g/mol. The van der Waals surface area contributed by atoms with E-state index < -0.39 is 5.91 Å². The molecule has 1 fully saturated rings. The van der Waals surface area contributed by atoms with E-state index in [9.17, 15) is 9.59 Å². The van der Waals surface area contributed by atoms with E-state index in [1.54, 1.807) is 24.4 Å². The summed E-state index contributed by atoms with van der Waals surface area (Å²) in [7, 11) is 0. The molecule has 0 radical (unpaired) electrons. The van der Waals surface area contributed by atoms with Crippen molar-refractivity contribution in [3.8, 4) is 0 Å². The molecule has 0 spiro atoms. The minimum absolute atomic E-state index is 0.0291. The molecule has 1 saturated heterocycles. The van der Waals surface area contributed by atoms with Crippen LogP contribution in [0, 0.1) is 0 Å². The van der Waals surface area contributed by atoms with E-state index in [1.165, 1.54) is 12.3 Å². The van der Waals surface area contributed by atoms with Crippen molar-refractivity contribution in [2.45, 2.75) is 18.9 Å². The number of aromatic amines is 1. The maximum absolute atomic E-state index is 12.4. The zero-order chi connectivity index (χ0) is 16.8.